The van der Waals surface area contributed by atoms with Gasteiger partial charge >= 0.3 is 0 Å². The van der Waals surface area contributed by atoms with Gasteiger partial charge < -0.3 is 9.47 Å². The maximum Gasteiger partial charge on any atom is 0.294 e. The summed E-state index contributed by atoms with van der Waals surface area (Å²) in [7, 11) is -2.49. The molecule has 186 valence electrons. The van der Waals surface area contributed by atoms with Crippen LogP contribution >= 0.6 is 34.7 Å². The van der Waals surface area contributed by atoms with Crippen LogP contribution in [-0.4, -0.2) is 38.0 Å². The molecule has 2 aromatic carbocycles. The highest BCUT2D eigenvalue weighted by atomic mass is 35.5. The van der Waals surface area contributed by atoms with Crippen LogP contribution in [-0.2, 0) is 21.4 Å². The van der Waals surface area contributed by atoms with Crippen LogP contribution in [0.15, 0.2) is 86.8 Å². The molecule has 0 unspecified atom stereocenters. The lowest BCUT2D eigenvalue weighted by molar-refractivity contribution is -0.121. The van der Waals surface area contributed by atoms with Gasteiger partial charge in [-0.3, -0.25) is 9.69 Å². The molecule has 1 aromatic heterocycles. The maximum atomic E-state index is 13.1. The van der Waals surface area contributed by atoms with Crippen molar-refractivity contribution in [3.05, 3.63) is 93.7 Å². The number of hydrogen-bond donors (Lipinski definition) is 0. The Bertz CT molecular complexity index is 1450. The predicted molar refractivity (Wildman–Crippen MR) is 145 cm³/mol. The zero-order valence-electron chi connectivity index (χ0n) is 19.1. The molecule has 1 aliphatic rings. The van der Waals surface area contributed by atoms with Gasteiger partial charge in [0.1, 0.15) is 10.8 Å². The monoisotopic (exact) mass is 560 g/mol. The lowest BCUT2D eigenvalue weighted by Crippen LogP contribution is -2.29. The highest BCUT2D eigenvalue weighted by molar-refractivity contribution is 8.19. The first-order valence-electron chi connectivity index (χ1n) is 10.6. The number of methoxy groups -OCH3 is 1. The molecule has 1 saturated heterocycles. The van der Waals surface area contributed by atoms with E-state index in [1.807, 2.05) is 30.3 Å². The van der Waals surface area contributed by atoms with E-state index in [-0.39, 0.29) is 21.8 Å². The second kappa shape index (κ2) is 11.3. The Balaban J connectivity index is 1.59. The van der Waals surface area contributed by atoms with Crippen molar-refractivity contribution >= 4 is 61.9 Å². The zero-order chi connectivity index (χ0) is 25.7. The number of thiophene rings is 1. The van der Waals surface area contributed by atoms with E-state index in [0.29, 0.717) is 32.9 Å². The van der Waals surface area contributed by atoms with Crippen LogP contribution in [0.1, 0.15) is 11.1 Å². The molecule has 1 fully saturated rings. The van der Waals surface area contributed by atoms with Crippen LogP contribution in [0.4, 0.5) is 0 Å². The molecule has 0 radical (unpaired) electrons. The summed E-state index contributed by atoms with van der Waals surface area (Å²) in [6.45, 7) is 4.15. The van der Waals surface area contributed by atoms with Gasteiger partial charge in [0.2, 0.25) is 0 Å². The highest BCUT2D eigenvalue weighted by Gasteiger charge is 2.34. The predicted octanol–water partition coefficient (Wildman–Crippen LogP) is 5.84. The molecule has 2 heterocycles. The molecule has 11 heteroatoms. The van der Waals surface area contributed by atoms with Crippen molar-refractivity contribution in [2.75, 3.05) is 13.7 Å². The average Bonchev–Trinajstić information content (AvgIpc) is 3.43. The summed E-state index contributed by atoms with van der Waals surface area (Å²) in [4.78, 5) is 14.6. The number of ether oxygens (including phenoxy) is 2. The smallest absolute Gasteiger partial charge is 0.294 e. The average molecular weight is 561 g/mol. The molecule has 0 bridgehead atoms. The van der Waals surface area contributed by atoms with Crippen LogP contribution < -0.4 is 9.47 Å². The zero-order valence-corrected chi connectivity index (χ0v) is 22.3. The molecule has 0 saturated carbocycles. The van der Waals surface area contributed by atoms with E-state index >= 15 is 0 Å². The number of hydrogen-bond acceptors (Lipinski definition) is 7. The number of carbonyl (C=O) groups is 1. The van der Waals surface area contributed by atoms with Crippen molar-refractivity contribution in [3.63, 3.8) is 0 Å². The number of carbonyl (C=O) groups excluding carboxylic acids is 1. The lowest BCUT2D eigenvalue weighted by Gasteiger charge is -2.12. The number of sulfonamides is 1. The van der Waals surface area contributed by atoms with Gasteiger partial charge in [-0.1, -0.05) is 54.1 Å². The SMILES string of the molecule is C=CCN1C(=O)/C(=C/c2ccc(OCc3ccccc3)c(OC)c2)SC1=NS(=O)(=O)c1ccc(Cl)s1. The molecule has 0 spiro atoms. The number of rotatable bonds is 9. The summed E-state index contributed by atoms with van der Waals surface area (Å²) in [5, 5.41) is 0.0467. The molecule has 0 N–H and O–H groups in total. The van der Waals surface area contributed by atoms with E-state index in [9.17, 15) is 13.2 Å². The van der Waals surface area contributed by atoms with Crippen molar-refractivity contribution in [1.82, 2.24) is 4.90 Å². The molecule has 36 heavy (non-hydrogen) atoms. The molecular formula is C25H21ClN2O5S3. The molecule has 7 nitrogen and oxygen atoms in total. The fourth-order valence-electron chi connectivity index (χ4n) is 3.23. The van der Waals surface area contributed by atoms with Gasteiger partial charge in [-0.15, -0.1) is 22.3 Å². The Kier molecular flexibility index (Phi) is 8.20. The largest absolute Gasteiger partial charge is 0.493 e. The summed E-state index contributed by atoms with van der Waals surface area (Å²) in [5.74, 6) is 0.691. The van der Waals surface area contributed by atoms with Crippen LogP contribution in [0.5, 0.6) is 11.5 Å². The van der Waals surface area contributed by atoms with Crippen LogP contribution in [0, 0.1) is 0 Å². The van der Waals surface area contributed by atoms with Crippen LogP contribution in [0.3, 0.4) is 0 Å². The third-order valence-electron chi connectivity index (χ3n) is 4.92. The van der Waals surface area contributed by atoms with Gasteiger partial charge in [0, 0.05) is 6.54 Å². The number of thioether (sulfide) groups is 1. The second-order valence-corrected chi connectivity index (χ2v) is 12.0. The molecule has 1 amide bonds. The molecule has 3 aromatic rings. The third-order valence-corrected chi connectivity index (χ3v) is 9.01. The highest BCUT2D eigenvalue weighted by Crippen LogP contribution is 2.36. The van der Waals surface area contributed by atoms with Gasteiger partial charge in [0.15, 0.2) is 16.7 Å². The minimum absolute atomic E-state index is 0.000130. The number of amidine groups is 1. The number of amides is 1. The van der Waals surface area contributed by atoms with E-state index in [0.717, 1.165) is 28.7 Å². The Labute approximate surface area is 222 Å². The fraction of sp³-hybridized carbons (Fsp3) is 0.120. The summed E-state index contributed by atoms with van der Waals surface area (Å²) in [6, 6.07) is 17.9. The number of nitrogens with zero attached hydrogens (tertiary/aromatic N) is 2. The minimum Gasteiger partial charge on any atom is -0.493 e. The Morgan fingerprint density at radius 1 is 1.11 bits per heavy atom. The summed E-state index contributed by atoms with van der Waals surface area (Å²) in [6.07, 6.45) is 3.16. The van der Waals surface area contributed by atoms with Gasteiger partial charge in [-0.2, -0.15) is 8.42 Å². The van der Waals surface area contributed by atoms with E-state index in [1.54, 1.807) is 24.3 Å². The summed E-state index contributed by atoms with van der Waals surface area (Å²) < 4.78 is 41.1. The van der Waals surface area contributed by atoms with E-state index in [2.05, 4.69) is 11.0 Å². The van der Waals surface area contributed by atoms with Gasteiger partial charge in [-0.05, 0) is 53.2 Å². The second-order valence-electron chi connectivity index (χ2n) is 7.41. The van der Waals surface area contributed by atoms with Gasteiger partial charge in [0.05, 0.1) is 16.4 Å². The van der Waals surface area contributed by atoms with Crippen LogP contribution in [0.25, 0.3) is 6.08 Å². The van der Waals surface area contributed by atoms with Crippen molar-refractivity contribution < 1.29 is 22.7 Å². The lowest BCUT2D eigenvalue weighted by atomic mass is 10.1. The minimum atomic E-state index is -4.03. The van der Waals surface area contributed by atoms with E-state index < -0.39 is 10.0 Å². The first-order valence-corrected chi connectivity index (χ1v) is 14.0. The first-order chi connectivity index (χ1) is 17.3. The first kappa shape index (κ1) is 26.0. The maximum absolute atomic E-state index is 13.1. The van der Waals surface area contributed by atoms with Gasteiger partial charge in [-0.25, -0.2) is 0 Å². The molecule has 0 atom stereocenters. The Morgan fingerprint density at radius 2 is 1.89 bits per heavy atom. The summed E-state index contributed by atoms with van der Waals surface area (Å²) >= 11 is 7.76. The van der Waals surface area contributed by atoms with Gasteiger partial charge in [0.25, 0.3) is 15.9 Å². The van der Waals surface area contributed by atoms with Crippen molar-refractivity contribution in [2.45, 2.75) is 10.8 Å². The standard InChI is InChI=1S/C25H21ClN2O5S3/c1-3-13-28-24(29)21(34-25(28)27-36(30,31)23-12-11-22(26)35-23)15-18-9-10-19(20(14-18)32-2)33-16-17-7-5-4-6-8-17/h3-12,14-15H,1,13,16H2,2H3/b21-15-,27-25?. The quantitative estimate of drug-likeness (QED) is 0.241. The Hall–Kier alpha value is -3.05. The molecule has 0 aliphatic carbocycles. The third kappa shape index (κ3) is 6.01. The van der Waals surface area contributed by atoms with E-state index in [1.165, 1.54) is 30.2 Å². The number of halogens is 1. The molecule has 4 rings (SSSR count). The molecular weight excluding hydrogens is 540 g/mol. The summed E-state index contributed by atoms with van der Waals surface area (Å²) in [5.41, 5.74) is 1.70. The fourth-order valence-corrected chi connectivity index (χ4v) is 6.88. The number of benzene rings is 2. The van der Waals surface area contributed by atoms with E-state index in [4.69, 9.17) is 21.1 Å². The Morgan fingerprint density at radius 3 is 2.56 bits per heavy atom. The van der Waals surface area contributed by atoms with Crippen LogP contribution in [0.2, 0.25) is 4.34 Å². The molecule has 1 aliphatic heterocycles. The van der Waals surface area contributed by atoms with Crippen molar-refractivity contribution in [3.8, 4) is 11.5 Å². The van der Waals surface area contributed by atoms with Crippen molar-refractivity contribution in [2.24, 2.45) is 4.40 Å². The normalized spacial score (nSPS) is 16.1. The van der Waals surface area contributed by atoms with Crippen molar-refractivity contribution in [1.29, 1.82) is 0 Å². The topological polar surface area (TPSA) is 85.3 Å².